The van der Waals surface area contributed by atoms with Gasteiger partial charge in [-0.1, -0.05) is 23.7 Å². The highest BCUT2D eigenvalue weighted by Gasteiger charge is 2.28. The topological polar surface area (TPSA) is 61.9 Å². The summed E-state index contributed by atoms with van der Waals surface area (Å²) in [6, 6.07) is 15.5. The number of imidazole rings is 1. The van der Waals surface area contributed by atoms with Crippen LogP contribution in [0.2, 0.25) is 5.02 Å². The number of hydrogen-bond donors (Lipinski definition) is 1. The second-order valence-electron chi connectivity index (χ2n) is 7.69. The van der Waals surface area contributed by atoms with E-state index in [1.807, 2.05) is 60.4 Å². The van der Waals surface area contributed by atoms with Gasteiger partial charge in [0.2, 0.25) is 0 Å². The van der Waals surface area contributed by atoms with Crippen molar-refractivity contribution in [3.8, 4) is 0 Å². The smallest absolute Gasteiger partial charge is 0.255 e. The predicted molar refractivity (Wildman–Crippen MR) is 115 cm³/mol. The van der Waals surface area contributed by atoms with E-state index in [1.165, 1.54) is 0 Å². The number of rotatable bonds is 2. The van der Waals surface area contributed by atoms with E-state index >= 15 is 0 Å². The highest BCUT2D eigenvalue weighted by Crippen LogP contribution is 2.29. The fraction of sp³-hybridized carbons (Fsp3) is 0.261. The van der Waals surface area contributed by atoms with E-state index in [9.17, 15) is 4.79 Å². The summed E-state index contributed by atoms with van der Waals surface area (Å²) < 4.78 is 0. The van der Waals surface area contributed by atoms with Gasteiger partial charge in [-0.2, -0.15) is 0 Å². The molecule has 2 aromatic carbocycles. The van der Waals surface area contributed by atoms with Crippen LogP contribution in [0, 0.1) is 6.92 Å². The summed E-state index contributed by atoms with van der Waals surface area (Å²) in [5.74, 6) is 1.20. The molecule has 4 aromatic rings. The number of H-pyrrole nitrogens is 1. The van der Waals surface area contributed by atoms with Gasteiger partial charge in [0.15, 0.2) is 0 Å². The molecule has 1 aliphatic rings. The molecule has 5 nitrogen and oxygen atoms in total. The maximum Gasteiger partial charge on any atom is 0.255 e. The number of fused-ring (bicyclic) bond motifs is 2. The Labute approximate surface area is 173 Å². The number of nitrogens with one attached hydrogen (secondary N) is 1. The highest BCUT2D eigenvalue weighted by molar-refractivity contribution is 6.31. The Morgan fingerprint density at radius 2 is 2.00 bits per heavy atom. The quantitative estimate of drug-likeness (QED) is 0.506. The van der Waals surface area contributed by atoms with Crippen LogP contribution >= 0.6 is 11.6 Å². The fourth-order valence-corrected chi connectivity index (χ4v) is 4.36. The average Bonchev–Trinajstić information content (AvgIpc) is 3.17. The SMILES string of the molecule is Cc1nc2ccc(Cl)cc2cc1C(=O)N1CCCC(c2nc3ccccc3[nH]2)C1. The Morgan fingerprint density at radius 3 is 2.86 bits per heavy atom. The first-order valence-electron chi connectivity index (χ1n) is 9.89. The lowest BCUT2D eigenvalue weighted by Crippen LogP contribution is -2.39. The summed E-state index contributed by atoms with van der Waals surface area (Å²) in [4.78, 5) is 28.0. The first-order chi connectivity index (χ1) is 14.1. The van der Waals surface area contributed by atoms with Crippen LogP contribution in [-0.4, -0.2) is 38.8 Å². The number of carbonyl (C=O) groups is 1. The molecule has 0 spiro atoms. The Bertz CT molecular complexity index is 1200. The Kier molecular flexibility index (Phi) is 4.47. The summed E-state index contributed by atoms with van der Waals surface area (Å²) in [6.45, 7) is 3.30. The minimum atomic E-state index is 0.0256. The van der Waals surface area contributed by atoms with Gasteiger partial charge in [-0.25, -0.2) is 4.98 Å². The minimum absolute atomic E-state index is 0.0256. The van der Waals surface area contributed by atoms with Crippen molar-refractivity contribution in [2.24, 2.45) is 0 Å². The van der Waals surface area contributed by atoms with Crippen LogP contribution in [0.3, 0.4) is 0 Å². The largest absolute Gasteiger partial charge is 0.342 e. The molecule has 1 amide bonds. The standard InChI is InChI=1S/C23H21ClN4O/c1-14-18(12-16-11-17(24)8-9-19(16)25-14)23(29)28-10-4-5-15(13-28)22-26-20-6-2-3-7-21(20)27-22/h2-3,6-9,11-12,15H,4-5,10,13H2,1H3,(H,26,27). The zero-order chi connectivity index (χ0) is 20.0. The number of hydrogen-bond acceptors (Lipinski definition) is 3. The number of carbonyl (C=O) groups excluding carboxylic acids is 1. The van der Waals surface area contributed by atoms with Crippen LogP contribution in [-0.2, 0) is 0 Å². The third kappa shape index (κ3) is 3.36. The molecule has 1 fully saturated rings. The molecule has 146 valence electrons. The zero-order valence-corrected chi connectivity index (χ0v) is 16.9. The van der Waals surface area contributed by atoms with Gasteiger partial charge in [0.1, 0.15) is 5.82 Å². The maximum atomic E-state index is 13.3. The fourth-order valence-electron chi connectivity index (χ4n) is 4.18. The summed E-state index contributed by atoms with van der Waals surface area (Å²) in [5, 5.41) is 1.53. The number of pyridine rings is 1. The predicted octanol–water partition coefficient (Wildman–Crippen LogP) is 5.09. The molecular formula is C23H21ClN4O. The molecule has 3 heterocycles. The number of aromatic nitrogens is 3. The van der Waals surface area contributed by atoms with E-state index in [0.29, 0.717) is 17.1 Å². The first kappa shape index (κ1) is 18.1. The highest BCUT2D eigenvalue weighted by atomic mass is 35.5. The van der Waals surface area contributed by atoms with Crippen molar-refractivity contribution in [1.29, 1.82) is 0 Å². The van der Waals surface area contributed by atoms with Crippen molar-refractivity contribution >= 4 is 39.4 Å². The average molecular weight is 405 g/mol. The number of likely N-dealkylation sites (tertiary alicyclic amines) is 1. The van der Waals surface area contributed by atoms with Gasteiger partial charge in [0.05, 0.1) is 27.8 Å². The van der Waals surface area contributed by atoms with Crippen molar-refractivity contribution in [1.82, 2.24) is 19.9 Å². The van der Waals surface area contributed by atoms with Crippen LogP contribution in [0.4, 0.5) is 0 Å². The van der Waals surface area contributed by atoms with E-state index in [0.717, 1.165) is 52.8 Å². The molecule has 1 saturated heterocycles. The molecule has 6 heteroatoms. The number of aromatic amines is 1. The molecule has 2 aromatic heterocycles. The molecule has 0 aliphatic carbocycles. The summed E-state index contributed by atoms with van der Waals surface area (Å²) >= 11 is 6.13. The second kappa shape index (κ2) is 7.16. The molecule has 1 N–H and O–H groups in total. The Morgan fingerprint density at radius 1 is 1.14 bits per heavy atom. The van der Waals surface area contributed by atoms with Crippen molar-refractivity contribution < 1.29 is 4.79 Å². The first-order valence-corrected chi connectivity index (χ1v) is 10.3. The van der Waals surface area contributed by atoms with Gasteiger partial charge in [0.25, 0.3) is 5.91 Å². The molecule has 5 rings (SSSR count). The van der Waals surface area contributed by atoms with Gasteiger partial charge in [-0.3, -0.25) is 9.78 Å². The van der Waals surface area contributed by atoms with Crippen molar-refractivity contribution in [3.63, 3.8) is 0 Å². The van der Waals surface area contributed by atoms with Crippen LogP contribution in [0.1, 0.15) is 40.6 Å². The molecule has 0 saturated carbocycles. The molecule has 1 unspecified atom stereocenters. The van der Waals surface area contributed by atoms with Gasteiger partial charge in [0, 0.05) is 29.4 Å². The van der Waals surface area contributed by atoms with Crippen LogP contribution in [0.5, 0.6) is 0 Å². The molecule has 29 heavy (non-hydrogen) atoms. The van der Waals surface area contributed by atoms with E-state index in [1.54, 1.807) is 0 Å². The third-order valence-corrected chi connectivity index (χ3v) is 5.94. The molecular weight excluding hydrogens is 384 g/mol. The van der Waals surface area contributed by atoms with Crippen LogP contribution < -0.4 is 0 Å². The summed E-state index contributed by atoms with van der Waals surface area (Å²) in [6.07, 6.45) is 1.98. The van der Waals surface area contributed by atoms with Gasteiger partial charge < -0.3 is 9.88 Å². The Hall–Kier alpha value is -2.92. The van der Waals surface area contributed by atoms with Crippen molar-refractivity contribution in [3.05, 3.63) is 70.6 Å². The number of para-hydroxylation sites is 2. The number of amides is 1. The van der Waals surface area contributed by atoms with Gasteiger partial charge >= 0.3 is 0 Å². The van der Waals surface area contributed by atoms with Crippen LogP contribution in [0.25, 0.3) is 21.9 Å². The summed E-state index contributed by atoms with van der Waals surface area (Å²) in [7, 11) is 0. The van der Waals surface area contributed by atoms with Gasteiger partial charge in [-0.15, -0.1) is 0 Å². The lowest BCUT2D eigenvalue weighted by atomic mass is 9.96. The maximum absolute atomic E-state index is 13.3. The van der Waals surface area contributed by atoms with E-state index in [4.69, 9.17) is 16.6 Å². The molecule has 0 bridgehead atoms. The van der Waals surface area contributed by atoms with E-state index in [2.05, 4.69) is 9.97 Å². The number of piperidine rings is 1. The number of halogens is 1. The monoisotopic (exact) mass is 404 g/mol. The lowest BCUT2D eigenvalue weighted by molar-refractivity contribution is 0.0704. The third-order valence-electron chi connectivity index (χ3n) is 5.70. The number of nitrogens with zero attached hydrogens (tertiary/aromatic N) is 3. The van der Waals surface area contributed by atoms with E-state index in [-0.39, 0.29) is 11.8 Å². The summed E-state index contributed by atoms with van der Waals surface area (Å²) in [5.41, 5.74) is 4.25. The molecule has 1 atom stereocenters. The van der Waals surface area contributed by atoms with Crippen molar-refractivity contribution in [2.75, 3.05) is 13.1 Å². The minimum Gasteiger partial charge on any atom is -0.342 e. The van der Waals surface area contributed by atoms with Crippen LogP contribution in [0.15, 0.2) is 48.5 Å². The molecule has 0 radical (unpaired) electrons. The normalized spacial score (nSPS) is 17.2. The zero-order valence-electron chi connectivity index (χ0n) is 16.2. The van der Waals surface area contributed by atoms with Crippen molar-refractivity contribution in [2.45, 2.75) is 25.7 Å². The Balaban J connectivity index is 1.43. The number of benzene rings is 2. The van der Waals surface area contributed by atoms with E-state index < -0.39 is 0 Å². The second-order valence-corrected chi connectivity index (χ2v) is 8.12. The lowest BCUT2D eigenvalue weighted by Gasteiger charge is -2.32. The molecule has 1 aliphatic heterocycles. The van der Waals surface area contributed by atoms with Gasteiger partial charge in [-0.05, 0) is 56.2 Å². The number of aryl methyl sites for hydroxylation is 1.